The smallest absolute Gasteiger partial charge is 0.350 e. The Morgan fingerprint density at radius 2 is 1.91 bits per heavy atom. The first-order valence-electron chi connectivity index (χ1n) is 6.24. The fourth-order valence-electron chi connectivity index (χ4n) is 1.53. The number of thiophene rings is 1. The molecule has 0 radical (unpaired) electrons. The van der Waals surface area contributed by atoms with Gasteiger partial charge in [-0.2, -0.15) is 0 Å². The molecule has 9 heteroatoms. The molecule has 0 fully saturated rings. The first kappa shape index (κ1) is 18.0. The number of esters is 1. The van der Waals surface area contributed by atoms with E-state index in [1.807, 2.05) is 0 Å². The molecule has 0 saturated heterocycles. The minimum absolute atomic E-state index is 0.174. The molecule has 1 rings (SSSR count). The summed E-state index contributed by atoms with van der Waals surface area (Å²) in [5.74, 6) is -2.00. The van der Waals surface area contributed by atoms with Gasteiger partial charge in [0.15, 0.2) is 0 Å². The van der Waals surface area contributed by atoms with E-state index in [9.17, 15) is 14.4 Å². The Balaban J connectivity index is 3.19. The molecule has 122 valence electrons. The second-order valence-corrected chi connectivity index (χ2v) is 5.10. The third-order valence-corrected chi connectivity index (χ3v) is 3.66. The number of primary amides is 1. The summed E-state index contributed by atoms with van der Waals surface area (Å²) in [6.45, 7) is 0. The summed E-state index contributed by atoms with van der Waals surface area (Å²) >= 11 is 1.07. The van der Waals surface area contributed by atoms with Crippen LogP contribution in [0.3, 0.4) is 0 Å². The fraction of sp³-hybridized carbons (Fsp3) is 0.0714. The molecule has 23 heavy (non-hydrogen) atoms. The van der Waals surface area contributed by atoms with Crippen LogP contribution >= 0.6 is 11.3 Å². The van der Waals surface area contributed by atoms with Gasteiger partial charge in [-0.3, -0.25) is 9.59 Å². The second kappa shape index (κ2) is 8.39. The molecular formula is C14H16N4O4S. The van der Waals surface area contributed by atoms with Crippen LogP contribution in [-0.2, 0) is 14.3 Å². The lowest BCUT2D eigenvalue weighted by atomic mass is 10.2. The Morgan fingerprint density at radius 1 is 1.22 bits per heavy atom. The molecule has 0 aromatic carbocycles. The van der Waals surface area contributed by atoms with Crippen molar-refractivity contribution in [3.8, 4) is 0 Å². The van der Waals surface area contributed by atoms with Crippen molar-refractivity contribution in [3.05, 3.63) is 46.4 Å². The number of methoxy groups -OCH3 is 1. The van der Waals surface area contributed by atoms with Crippen LogP contribution in [0.15, 0.2) is 36.7 Å². The highest BCUT2D eigenvalue weighted by atomic mass is 32.1. The molecule has 0 atom stereocenters. The molecule has 0 saturated carbocycles. The molecule has 2 amide bonds. The number of ether oxygens (including phenoxy) is 1. The standard InChI is InChI=1S/C14H16N4O4S/c1-22-14(21)13-9(18-12(20)3-2-11(17)19)6-10(23-13)8(7-16)4-5-15/h2-7H,15-16H2,1H3,(H2,17,19)(H,18,20)/b3-2-,5-4-,8-7+. The predicted molar refractivity (Wildman–Crippen MR) is 88.1 cm³/mol. The van der Waals surface area contributed by atoms with Crippen LogP contribution in [0, 0.1) is 0 Å². The number of hydrogen-bond donors (Lipinski definition) is 4. The summed E-state index contributed by atoms with van der Waals surface area (Å²) in [6, 6.07) is 1.55. The number of nitrogens with one attached hydrogen (secondary N) is 1. The number of amides is 2. The minimum Gasteiger partial charge on any atom is -0.465 e. The van der Waals surface area contributed by atoms with Crippen LogP contribution in [0.1, 0.15) is 14.5 Å². The molecule has 0 aliphatic carbocycles. The maximum absolute atomic E-state index is 11.8. The zero-order valence-corrected chi connectivity index (χ0v) is 13.1. The number of nitrogens with two attached hydrogens (primary N) is 3. The largest absolute Gasteiger partial charge is 0.465 e. The van der Waals surface area contributed by atoms with Gasteiger partial charge in [0.05, 0.1) is 12.8 Å². The van der Waals surface area contributed by atoms with Crippen molar-refractivity contribution >= 4 is 40.4 Å². The summed E-state index contributed by atoms with van der Waals surface area (Å²) in [5.41, 5.74) is 16.5. The Bertz CT molecular complexity index is 704. The normalized spacial score (nSPS) is 11.8. The number of carbonyl (C=O) groups is 3. The highest BCUT2D eigenvalue weighted by molar-refractivity contribution is 7.15. The van der Waals surface area contributed by atoms with E-state index in [-0.39, 0.29) is 10.6 Å². The van der Waals surface area contributed by atoms with Gasteiger partial charge in [-0.15, -0.1) is 11.3 Å². The number of hydrogen-bond acceptors (Lipinski definition) is 7. The third kappa shape index (κ3) is 5.00. The van der Waals surface area contributed by atoms with Gasteiger partial charge in [-0.05, 0) is 18.3 Å². The van der Waals surface area contributed by atoms with E-state index in [1.54, 1.807) is 12.1 Å². The number of carbonyl (C=O) groups excluding carboxylic acids is 3. The van der Waals surface area contributed by atoms with Gasteiger partial charge in [0.25, 0.3) is 0 Å². The van der Waals surface area contributed by atoms with Crippen LogP contribution in [0.2, 0.25) is 0 Å². The molecule has 0 spiro atoms. The van der Waals surface area contributed by atoms with Crippen molar-refractivity contribution in [1.29, 1.82) is 0 Å². The summed E-state index contributed by atoms with van der Waals surface area (Å²) < 4.78 is 4.68. The van der Waals surface area contributed by atoms with E-state index >= 15 is 0 Å². The number of rotatable bonds is 6. The van der Waals surface area contributed by atoms with Gasteiger partial charge in [-0.25, -0.2) is 4.79 Å². The van der Waals surface area contributed by atoms with Gasteiger partial charge in [0.2, 0.25) is 11.8 Å². The summed E-state index contributed by atoms with van der Waals surface area (Å²) in [5, 5.41) is 2.48. The maximum Gasteiger partial charge on any atom is 0.350 e. The van der Waals surface area contributed by atoms with Crippen molar-refractivity contribution in [1.82, 2.24) is 0 Å². The molecule has 1 aromatic rings. The molecule has 0 aliphatic rings. The summed E-state index contributed by atoms with van der Waals surface area (Å²) in [4.78, 5) is 34.9. The van der Waals surface area contributed by atoms with Gasteiger partial charge in [0.1, 0.15) is 4.88 Å². The number of allylic oxidation sites excluding steroid dienone is 2. The molecule has 1 heterocycles. The van der Waals surface area contributed by atoms with Crippen LogP contribution < -0.4 is 22.5 Å². The zero-order chi connectivity index (χ0) is 17.4. The molecule has 1 aromatic heterocycles. The second-order valence-electron chi connectivity index (χ2n) is 4.05. The predicted octanol–water partition coefficient (Wildman–Crippen LogP) is 0.287. The fourth-order valence-corrected chi connectivity index (χ4v) is 2.56. The highest BCUT2D eigenvalue weighted by Gasteiger charge is 2.19. The minimum atomic E-state index is -0.763. The lowest BCUT2D eigenvalue weighted by Crippen LogP contribution is -2.13. The molecule has 8 nitrogen and oxygen atoms in total. The molecule has 0 bridgehead atoms. The summed E-state index contributed by atoms with van der Waals surface area (Å²) in [6.07, 6.45) is 6.02. The lowest BCUT2D eigenvalue weighted by molar-refractivity contribution is -0.115. The van der Waals surface area contributed by atoms with Crippen LogP contribution in [0.5, 0.6) is 0 Å². The van der Waals surface area contributed by atoms with Gasteiger partial charge < -0.3 is 27.3 Å². The van der Waals surface area contributed by atoms with Gasteiger partial charge in [0, 0.05) is 28.8 Å². The van der Waals surface area contributed by atoms with E-state index in [0.717, 1.165) is 23.5 Å². The first-order valence-corrected chi connectivity index (χ1v) is 7.05. The Hall–Kier alpha value is -3.07. The van der Waals surface area contributed by atoms with Gasteiger partial charge >= 0.3 is 5.97 Å². The maximum atomic E-state index is 11.8. The van der Waals surface area contributed by atoms with Crippen molar-refractivity contribution in [2.75, 3.05) is 12.4 Å². The van der Waals surface area contributed by atoms with Crippen LogP contribution in [0.4, 0.5) is 5.69 Å². The van der Waals surface area contributed by atoms with Crippen molar-refractivity contribution in [3.63, 3.8) is 0 Å². The lowest BCUT2D eigenvalue weighted by Gasteiger charge is -2.02. The van der Waals surface area contributed by atoms with E-state index in [4.69, 9.17) is 17.2 Å². The van der Waals surface area contributed by atoms with Crippen LogP contribution in [-0.4, -0.2) is 24.9 Å². The molecule has 7 N–H and O–H groups in total. The van der Waals surface area contributed by atoms with Crippen LogP contribution in [0.25, 0.3) is 5.57 Å². The highest BCUT2D eigenvalue weighted by Crippen LogP contribution is 2.32. The number of anilines is 1. The first-order chi connectivity index (χ1) is 10.9. The summed E-state index contributed by atoms with van der Waals surface area (Å²) in [7, 11) is 1.22. The molecule has 0 unspecified atom stereocenters. The van der Waals surface area contributed by atoms with Crippen molar-refractivity contribution in [2.24, 2.45) is 17.2 Å². The average molecular weight is 336 g/mol. The van der Waals surface area contributed by atoms with Crippen molar-refractivity contribution < 1.29 is 19.1 Å². The van der Waals surface area contributed by atoms with E-state index in [2.05, 4.69) is 10.1 Å². The zero-order valence-electron chi connectivity index (χ0n) is 12.2. The average Bonchev–Trinajstić information content (AvgIpc) is 2.93. The SMILES string of the molecule is COC(=O)c1sc(C(/C=C\N)=C/N)cc1NC(=O)/C=C\C(N)=O. The van der Waals surface area contributed by atoms with Gasteiger partial charge in [-0.1, -0.05) is 0 Å². The Morgan fingerprint density at radius 3 is 2.43 bits per heavy atom. The monoisotopic (exact) mass is 336 g/mol. The Kier molecular flexibility index (Phi) is 6.56. The molecular weight excluding hydrogens is 320 g/mol. The topological polar surface area (TPSA) is 151 Å². The van der Waals surface area contributed by atoms with E-state index in [0.29, 0.717) is 10.5 Å². The molecule has 0 aliphatic heterocycles. The Labute approximate surface area is 136 Å². The van der Waals surface area contributed by atoms with E-state index in [1.165, 1.54) is 19.5 Å². The van der Waals surface area contributed by atoms with Crippen molar-refractivity contribution in [2.45, 2.75) is 0 Å². The quantitative estimate of drug-likeness (QED) is 0.333. The third-order valence-electron chi connectivity index (χ3n) is 2.50. The van der Waals surface area contributed by atoms with E-state index < -0.39 is 17.8 Å².